The fourth-order valence-electron chi connectivity index (χ4n) is 2.45. The Morgan fingerprint density at radius 3 is 2.69 bits per heavy atom. The van der Waals surface area contributed by atoms with Gasteiger partial charge in [-0.05, 0) is 36.8 Å². The quantitative estimate of drug-likeness (QED) is 0.524. The average molecular weight is 366 g/mol. The third-order valence-electron chi connectivity index (χ3n) is 3.74. The van der Waals surface area contributed by atoms with Gasteiger partial charge in [-0.1, -0.05) is 41.7 Å². The van der Waals surface area contributed by atoms with Gasteiger partial charge in [0.05, 0.1) is 22.4 Å². The zero-order valence-electron chi connectivity index (χ0n) is 14.5. The van der Waals surface area contributed by atoms with Gasteiger partial charge in [-0.2, -0.15) is 4.99 Å². The van der Waals surface area contributed by atoms with Crippen molar-refractivity contribution in [3.63, 3.8) is 0 Å². The Kier molecular flexibility index (Phi) is 5.43. The van der Waals surface area contributed by atoms with Gasteiger partial charge in [-0.3, -0.25) is 4.79 Å². The number of rotatable bonds is 4. The topological polar surface area (TPSA) is 60.7 Å². The van der Waals surface area contributed by atoms with Crippen molar-refractivity contribution in [1.82, 2.24) is 4.57 Å². The number of aromatic nitrogens is 1. The van der Waals surface area contributed by atoms with E-state index in [1.807, 2.05) is 48.0 Å². The van der Waals surface area contributed by atoms with E-state index in [0.717, 1.165) is 15.8 Å². The maximum absolute atomic E-state index is 12.1. The van der Waals surface area contributed by atoms with Crippen LogP contribution < -0.4 is 4.80 Å². The van der Waals surface area contributed by atoms with Crippen LogP contribution in [0.3, 0.4) is 0 Å². The van der Waals surface area contributed by atoms with Crippen LogP contribution >= 0.6 is 11.3 Å². The molecule has 0 atom stereocenters. The van der Waals surface area contributed by atoms with E-state index in [1.54, 1.807) is 25.1 Å². The van der Waals surface area contributed by atoms with Crippen molar-refractivity contribution in [1.29, 1.82) is 0 Å². The molecule has 3 rings (SSSR count). The van der Waals surface area contributed by atoms with Gasteiger partial charge in [0, 0.05) is 13.1 Å². The smallest absolute Gasteiger partial charge is 0.338 e. The summed E-state index contributed by atoms with van der Waals surface area (Å²) in [4.78, 5) is 28.7. The molecule has 1 amide bonds. The summed E-state index contributed by atoms with van der Waals surface area (Å²) in [6.45, 7) is 2.10. The monoisotopic (exact) mass is 366 g/mol. The Morgan fingerprint density at radius 1 is 1.19 bits per heavy atom. The van der Waals surface area contributed by atoms with Crippen LogP contribution in [0.2, 0.25) is 0 Å². The highest BCUT2D eigenvalue weighted by Crippen LogP contribution is 2.19. The fraction of sp³-hybridized carbons (Fsp3) is 0.150. The Labute approximate surface area is 154 Å². The molecule has 2 aromatic carbocycles. The average Bonchev–Trinajstić information content (AvgIpc) is 2.96. The second-order valence-corrected chi connectivity index (χ2v) is 6.55. The molecule has 1 heterocycles. The highest BCUT2D eigenvalue weighted by molar-refractivity contribution is 7.16. The molecule has 1 aromatic heterocycles. The molecule has 0 aliphatic heterocycles. The molecule has 0 bridgehead atoms. The summed E-state index contributed by atoms with van der Waals surface area (Å²) in [7, 11) is 1.84. The van der Waals surface area contributed by atoms with Gasteiger partial charge in [0.2, 0.25) is 0 Å². The second kappa shape index (κ2) is 7.93. The number of esters is 1. The van der Waals surface area contributed by atoms with Crippen LogP contribution in [-0.2, 0) is 16.6 Å². The van der Waals surface area contributed by atoms with Gasteiger partial charge in [-0.25, -0.2) is 4.79 Å². The van der Waals surface area contributed by atoms with Gasteiger partial charge in [-0.15, -0.1) is 0 Å². The highest BCUT2D eigenvalue weighted by Gasteiger charge is 2.10. The predicted molar refractivity (Wildman–Crippen MR) is 103 cm³/mol. The molecule has 0 aliphatic carbocycles. The first-order chi connectivity index (χ1) is 12.6. The first-order valence-corrected chi connectivity index (χ1v) is 8.98. The molecule has 0 saturated heterocycles. The SMILES string of the molecule is CCOC(=O)c1ccc2c(c1)sc(=NC(=O)/C=C/c1ccccc1)n2C. The molecule has 5 nitrogen and oxygen atoms in total. The number of carbonyl (C=O) groups is 2. The normalized spacial score (nSPS) is 12.0. The number of hydrogen-bond acceptors (Lipinski definition) is 4. The van der Waals surface area contributed by atoms with Crippen molar-refractivity contribution >= 4 is 39.5 Å². The lowest BCUT2D eigenvalue weighted by molar-refractivity contribution is -0.113. The first-order valence-electron chi connectivity index (χ1n) is 8.17. The third kappa shape index (κ3) is 3.97. The number of amides is 1. The van der Waals surface area contributed by atoms with Crippen LogP contribution in [0.1, 0.15) is 22.8 Å². The molecule has 3 aromatic rings. The summed E-state index contributed by atoms with van der Waals surface area (Å²) in [6.07, 6.45) is 3.18. The molecule has 0 fully saturated rings. The minimum absolute atomic E-state index is 0.331. The minimum atomic E-state index is -0.356. The number of thiazole rings is 1. The van der Waals surface area contributed by atoms with E-state index in [9.17, 15) is 9.59 Å². The van der Waals surface area contributed by atoms with E-state index >= 15 is 0 Å². The summed E-state index contributed by atoms with van der Waals surface area (Å²) in [5, 5.41) is 0. The number of hydrogen-bond donors (Lipinski definition) is 0. The van der Waals surface area contributed by atoms with Crippen LogP contribution in [0.15, 0.2) is 59.6 Å². The van der Waals surface area contributed by atoms with Gasteiger partial charge in [0.1, 0.15) is 0 Å². The second-order valence-electron chi connectivity index (χ2n) is 5.54. The van der Waals surface area contributed by atoms with Crippen LogP contribution in [0.5, 0.6) is 0 Å². The van der Waals surface area contributed by atoms with Crippen molar-refractivity contribution in [2.75, 3.05) is 6.61 Å². The number of ether oxygens (including phenoxy) is 1. The van der Waals surface area contributed by atoms with Gasteiger partial charge in [0.25, 0.3) is 5.91 Å². The molecular weight excluding hydrogens is 348 g/mol. The fourth-order valence-corrected chi connectivity index (χ4v) is 3.51. The largest absolute Gasteiger partial charge is 0.462 e. The molecule has 0 unspecified atom stereocenters. The van der Waals surface area contributed by atoms with Gasteiger partial charge >= 0.3 is 5.97 Å². The zero-order chi connectivity index (χ0) is 18.5. The summed E-state index contributed by atoms with van der Waals surface area (Å²) in [5.41, 5.74) is 2.33. The van der Waals surface area contributed by atoms with Crippen molar-refractivity contribution < 1.29 is 14.3 Å². The lowest BCUT2D eigenvalue weighted by Crippen LogP contribution is -2.12. The number of benzene rings is 2. The predicted octanol–water partition coefficient (Wildman–Crippen LogP) is 3.56. The lowest BCUT2D eigenvalue weighted by Gasteiger charge is -2.01. The van der Waals surface area contributed by atoms with E-state index in [-0.39, 0.29) is 11.9 Å². The first kappa shape index (κ1) is 17.8. The summed E-state index contributed by atoms with van der Waals surface area (Å²) in [6, 6.07) is 14.9. The Balaban J connectivity index is 1.90. The molecule has 132 valence electrons. The highest BCUT2D eigenvalue weighted by atomic mass is 32.1. The molecule has 0 saturated carbocycles. The third-order valence-corrected chi connectivity index (χ3v) is 4.84. The van der Waals surface area contributed by atoms with Crippen LogP contribution in [0.4, 0.5) is 0 Å². The van der Waals surface area contributed by atoms with E-state index in [0.29, 0.717) is 17.0 Å². The zero-order valence-corrected chi connectivity index (χ0v) is 15.3. The summed E-state index contributed by atoms with van der Waals surface area (Å²) >= 11 is 1.36. The molecule has 0 aliphatic rings. The van der Waals surface area contributed by atoms with Gasteiger partial charge < -0.3 is 9.30 Å². The Morgan fingerprint density at radius 2 is 1.96 bits per heavy atom. The van der Waals surface area contributed by atoms with Crippen molar-refractivity contribution in [3.05, 3.63) is 70.5 Å². The molecule has 0 N–H and O–H groups in total. The number of aryl methyl sites for hydroxylation is 1. The lowest BCUT2D eigenvalue weighted by atomic mass is 10.2. The van der Waals surface area contributed by atoms with E-state index in [4.69, 9.17) is 4.74 Å². The van der Waals surface area contributed by atoms with E-state index in [1.165, 1.54) is 17.4 Å². The molecule has 26 heavy (non-hydrogen) atoms. The summed E-state index contributed by atoms with van der Waals surface area (Å²) < 4.78 is 7.73. The maximum atomic E-state index is 12.1. The number of carbonyl (C=O) groups excluding carboxylic acids is 2. The molecule has 0 radical (unpaired) electrons. The number of fused-ring (bicyclic) bond motifs is 1. The molecule has 6 heteroatoms. The van der Waals surface area contributed by atoms with Crippen LogP contribution in [0.25, 0.3) is 16.3 Å². The van der Waals surface area contributed by atoms with Crippen molar-refractivity contribution in [2.45, 2.75) is 6.92 Å². The molecule has 0 spiro atoms. The van der Waals surface area contributed by atoms with Gasteiger partial charge in [0.15, 0.2) is 4.80 Å². The minimum Gasteiger partial charge on any atom is -0.462 e. The van der Waals surface area contributed by atoms with Crippen LogP contribution in [-0.4, -0.2) is 23.1 Å². The van der Waals surface area contributed by atoms with E-state index < -0.39 is 0 Å². The van der Waals surface area contributed by atoms with E-state index in [2.05, 4.69) is 4.99 Å². The van der Waals surface area contributed by atoms with Crippen LogP contribution in [0, 0.1) is 0 Å². The maximum Gasteiger partial charge on any atom is 0.338 e. The Hall–Kier alpha value is -2.99. The van der Waals surface area contributed by atoms with Crippen molar-refractivity contribution in [3.8, 4) is 0 Å². The molecular formula is C20H18N2O3S. The summed E-state index contributed by atoms with van der Waals surface area (Å²) in [5.74, 6) is -0.688. The Bertz CT molecular complexity index is 1050. The standard InChI is InChI=1S/C20H18N2O3S/c1-3-25-19(24)15-10-11-16-17(13-15)26-20(22(16)2)21-18(23)12-9-14-7-5-4-6-8-14/h4-13H,3H2,1-2H3/b12-9+,21-20?. The van der Waals surface area contributed by atoms with Crippen molar-refractivity contribution in [2.24, 2.45) is 12.0 Å². The number of nitrogens with zero attached hydrogens (tertiary/aromatic N) is 2.